The number of urea groups is 1. The Morgan fingerprint density at radius 2 is 1.96 bits per heavy atom. The molecule has 0 atom stereocenters. The number of nitrogens with one attached hydrogen (secondary N) is 2. The van der Waals surface area contributed by atoms with Crippen molar-refractivity contribution in [1.29, 1.82) is 0 Å². The summed E-state index contributed by atoms with van der Waals surface area (Å²) in [5.41, 5.74) is 1.05. The van der Waals surface area contributed by atoms with Gasteiger partial charge in [-0.25, -0.2) is 9.20 Å². The number of rotatable bonds is 6. The molecule has 1 aromatic carbocycles. The molecule has 2 heterocycles. The maximum Gasteiger partial charge on any atom is 0.326 e. The number of amides is 2. The standard InChI is InChI=1S/C17H19N5O4/c1-4-26-15-7-5-6-14-20-21-16(22(14)15)19-17(23)18-12-9-8-11(24-2)10-13(12)25-3/h5-10H,4H2,1-3H3,(H2,18,19,21,23). The first-order valence-corrected chi connectivity index (χ1v) is 7.93. The number of carbonyl (C=O) groups is 1. The minimum atomic E-state index is -0.492. The van der Waals surface area contributed by atoms with Crippen molar-refractivity contribution in [3.8, 4) is 17.4 Å². The fraction of sp³-hybridized carbons (Fsp3) is 0.235. The minimum absolute atomic E-state index is 0.244. The molecular weight excluding hydrogens is 338 g/mol. The third-order valence-electron chi connectivity index (χ3n) is 3.57. The number of pyridine rings is 1. The minimum Gasteiger partial charge on any atom is -0.497 e. The van der Waals surface area contributed by atoms with E-state index in [-0.39, 0.29) is 5.95 Å². The first kappa shape index (κ1) is 17.3. The number of nitrogens with zero attached hydrogens (tertiary/aromatic N) is 3. The van der Waals surface area contributed by atoms with E-state index in [0.29, 0.717) is 35.3 Å². The highest BCUT2D eigenvalue weighted by atomic mass is 16.5. The van der Waals surface area contributed by atoms with Crippen LogP contribution in [0.2, 0.25) is 0 Å². The van der Waals surface area contributed by atoms with Gasteiger partial charge in [-0.3, -0.25) is 5.32 Å². The van der Waals surface area contributed by atoms with Crippen LogP contribution in [0.15, 0.2) is 36.4 Å². The van der Waals surface area contributed by atoms with Gasteiger partial charge in [0.25, 0.3) is 0 Å². The zero-order valence-corrected chi connectivity index (χ0v) is 14.6. The Morgan fingerprint density at radius 1 is 1.12 bits per heavy atom. The van der Waals surface area contributed by atoms with Gasteiger partial charge in [0, 0.05) is 6.07 Å². The Morgan fingerprint density at radius 3 is 2.69 bits per heavy atom. The van der Waals surface area contributed by atoms with Gasteiger partial charge in [-0.15, -0.1) is 10.2 Å². The zero-order chi connectivity index (χ0) is 18.5. The molecule has 2 amide bonds. The summed E-state index contributed by atoms with van der Waals surface area (Å²) in [4.78, 5) is 12.4. The van der Waals surface area contributed by atoms with Crippen molar-refractivity contribution in [2.24, 2.45) is 0 Å². The van der Waals surface area contributed by atoms with Gasteiger partial charge in [-0.2, -0.15) is 0 Å². The summed E-state index contributed by atoms with van der Waals surface area (Å²) < 4.78 is 17.6. The number of benzene rings is 1. The van der Waals surface area contributed by atoms with Crippen LogP contribution in [0.5, 0.6) is 17.4 Å². The van der Waals surface area contributed by atoms with Crippen LogP contribution in [0.1, 0.15) is 6.92 Å². The number of methoxy groups -OCH3 is 2. The highest BCUT2D eigenvalue weighted by Crippen LogP contribution is 2.29. The van der Waals surface area contributed by atoms with E-state index in [1.807, 2.05) is 6.92 Å². The molecule has 2 N–H and O–H groups in total. The van der Waals surface area contributed by atoms with E-state index in [1.165, 1.54) is 7.11 Å². The Labute approximate surface area is 149 Å². The van der Waals surface area contributed by atoms with Crippen molar-refractivity contribution in [3.05, 3.63) is 36.4 Å². The molecule has 0 bridgehead atoms. The molecule has 0 aliphatic rings. The number of ether oxygens (including phenoxy) is 3. The Balaban J connectivity index is 1.82. The zero-order valence-electron chi connectivity index (χ0n) is 14.6. The van der Waals surface area contributed by atoms with E-state index in [1.54, 1.807) is 47.9 Å². The second-order valence-corrected chi connectivity index (χ2v) is 5.16. The smallest absolute Gasteiger partial charge is 0.326 e. The summed E-state index contributed by atoms with van der Waals surface area (Å²) >= 11 is 0. The fourth-order valence-corrected chi connectivity index (χ4v) is 2.41. The van der Waals surface area contributed by atoms with Gasteiger partial charge in [0.05, 0.1) is 26.5 Å². The first-order valence-electron chi connectivity index (χ1n) is 7.93. The molecule has 9 nitrogen and oxygen atoms in total. The normalized spacial score (nSPS) is 10.4. The van der Waals surface area contributed by atoms with Crippen molar-refractivity contribution in [3.63, 3.8) is 0 Å². The van der Waals surface area contributed by atoms with E-state index in [0.717, 1.165) is 0 Å². The lowest BCUT2D eigenvalue weighted by atomic mass is 10.2. The molecule has 0 saturated carbocycles. The average Bonchev–Trinajstić information content (AvgIpc) is 3.06. The lowest BCUT2D eigenvalue weighted by molar-refractivity contribution is 0.261. The molecule has 2 aromatic heterocycles. The van der Waals surface area contributed by atoms with Crippen LogP contribution in [-0.4, -0.2) is 41.5 Å². The Hall–Kier alpha value is -3.49. The van der Waals surface area contributed by atoms with Crippen LogP contribution in [0.3, 0.4) is 0 Å². The molecule has 3 aromatic rings. The van der Waals surface area contributed by atoms with Crippen LogP contribution in [0.4, 0.5) is 16.4 Å². The van der Waals surface area contributed by atoms with E-state index in [9.17, 15) is 4.79 Å². The number of fused-ring (bicyclic) bond motifs is 1. The van der Waals surface area contributed by atoms with Gasteiger partial charge in [0.1, 0.15) is 11.5 Å². The molecule has 0 fully saturated rings. The predicted molar refractivity (Wildman–Crippen MR) is 96.3 cm³/mol. The van der Waals surface area contributed by atoms with Gasteiger partial charge in [-0.1, -0.05) is 6.07 Å². The topological polar surface area (TPSA) is 99.0 Å². The summed E-state index contributed by atoms with van der Waals surface area (Å²) in [7, 11) is 3.07. The molecule has 0 radical (unpaired) electrons. The van der Waals surface area contributed by atoms with E-state index in [4.69, 9.17) is 14.2 Å². The maximum absolute atomic E-state index is 12.4. The molecular formula is C17H19N5O4. The molecule has 26 heavy (non-hydrogen) atoms. The van der Waals surface area contributed by atoms with Crippen molar-refractivity contribution >= 4 is 23.3 Å². The van der Waals surface area contributed by atoms with Crippen LogP contribution < -0.4 is 24.8 Å². The van der Waals surface area contributed by atoms with Crippen LogP contribution >= 0.6 is 0 Å². The SMILES string of the molecule is CCOc1cccc2nnc(NC(=O)Nc3ccc(OC)cc3OC)n12. The number of anilines is 2. The Bertz CT molecular complexity index is 925. The summed E-state index contributed by atoms with van der Waals surface area (Å²) in [6.07, 6.45) is 0. The van der Waals surface area contributed by atoms with Gasteiger partial charge < -0.3 is 19.5 Å². The van der Waals surface area contributed by atoms with Gasteiger partial charge in [-0.05, 0) is 31.2 Å². The first-order chi connectivity index (χ1) is 12.7. The molecule has 0 aliphatic carbocycles. The van der Waals surface area contributed by atoms with Crippen LogP contribution in [0, 0.1) is 0 Å². The molecule has 9 heteroatoms. The van der Waals surface area contributed by atoms with Crippen LogP contribution in [0.25, 0.3) is 5.65 Å². The second-order valence-electron chi connectivity index (χ2n) is 5.16. The lowest BCUT2D eigenvalue weighted by Crippen LogP contribution is -2.21. The van der Waals surface area contributed by atoms with E-state index < -0.39 is 6.03 Å². The summed E-state index contributed by atoms with van der Waals surface area (Å²) in [6, 6.07) is 9.94. The number of hydrogen-bond donors (Lipinski definition) is 2. The lowest BCUT2D eigenvalue weighted by Gasteiger charge is -2.12. The van der Waals surface area contributed by atoms with Crippen molar-refractivity contribution in [2.75, 3.05) is 31.5 Å². The monoisotopic (exact) mass is 357 g/mol. The fourth-order valence-electron chi connectivity index (χ4n) is 2.41. The molecule has 0 saturated heterocycles. The quantitative estimate of drug-likeness (QED) is 0.704. The van der Waals surface area contributed by atoms with Crippen LogP contribution in [-0.2, 0) is 0 Å². The maximum atomic E-state index is 12.4. The summed E-state index contributed by atoms with van der Waals surface area (Å²) in [6.45, 7) is 2.35. The average molecular weight is 357 g/mol. The molecule has 0 spiro atoms. The third-order valence-corrected chi connectivity index (χ3v) is 3.57. The van der Waals surface area contributed by atoms with Crippen molar-refractivity contribution in [1.82, 2.24) is 14.6 Å². The van der Waals surface area contributed by atoms with Gasteiger partial charge in [0.2, 0.25) is 11.8 Å². The predicted octanol–water partition coefficient (Wildman–Crippen LogP) is 2.79. The highest BCUT2D eigenvalue weighted by Gasteiger charge is 2.14. The van der Waals surface area contributed by atoms with Crippen molar-refractivity contribution < 1.29 is 19.0 Å². The molecule has 3 rings (SSSR count). The summed E-state index contributed by atoms with van der Waals surface area (Å²) in [5.74, 6) is 1.87. The number of aromatic nitrogens is 3. The van der Waals surface area contributed by atoms with Gasteiger partial charge in [0.15, 0.2) is 5.65 Å². The molecule has 136 valence electrons. The van der Waals surface area contributed by atoms with E-state index >= 15 is 0 Å². The second kappa shape index (κ2) is 7.60. The largest absolute Gasteiger partial charge is 0.497 e. The number of carbonyl (C=O) groups excluding carboxylic acids is 1. The molecule has 0 aliphatic heterocycles. The van der Waals surface area contributed by atoms with Gasteiger partial charge >= 0.3 is 6.03 Å². The summed E-state index contributed by atoms with van der Waals surface area (Å²) in [5, 5.41) is 13.4. The molecule has 0 unspecified atom stereocenters. The van der Waals surface area contributed by atoms with E-state index in [2.05, 4.69) is 20.8 Å². The Kier molecular flexibility index (Phi) is 5.07. The number of hydrogen-bond acceptors (Lipinski definition) is 6. The highest BCUT2D eigenvalue weighted by molar-refractivity contribution is 6.00. The third kappa shape index (κ3) is 3.46. The van der Waals surface area contributed by atoms with Crippen molar-refractivity contribution in [2.45, 2.75) is 6.92 Å².